The van der Waals surface area contributed by atoms with Gasteiger partial charge in [-0.2, -0.15) is 0 Å². The first-order chi connectivity index (χ1) is 17.7. The normalized spacial score (nSPS) is 20.8. The highest BCUT2D eigenvalue weighted by molar-refractivity contribution is 6.33. The number of amides is 1. The van der Waals surface area contributed by atoms with Crippen molar-refractivity contribution in [2.45, 2.75) is 52.1 Å². The van der Waals surface area contributed by atoms with E-state index in [1.807, 2.05) is 62.1 Å². The van der Waals surface area contributed by atoms with Crippen molar-refractivity contribution in [3.63, 3.8) is 0 Å². The van der Waals surface area contributed by atoms with E-state index in [0.29, 0.717) is 18.1 Å². The number of anilines is 1. The monoisotopic (exact) mass is 522 g/mol. The van der Waals surface area contributed by atoms with Gasteiger partial charge in [0.05, 0.1) is 27.9 Å². The molecule has 37 heavy (non-hydrogen) atoms. The predicted octanol–water partition coefficient (Wildman–Crippen LogP) is 5.68. The Morgan fingerprint density at radius 2 is 1.70 bits per heavy atom. The molecule has 1 aliphatic carbocycles. The third-order valence-electron chi connectivity index (χ3n) is 7.34. The Kier molecular flexibility index (Phi) is 7.17. The lowest BCUT2D eigenvalue weighted by Crippen LogP contribution is -2.52. The molecule has 1 saturated heterocycles. The second kappa shape index (κ2) is 10.4. The Bertz CT molecular complexity index is 1260. The minimum atomic E-state index is -0.548. The van der Waals surface area contributed by atoms with Crippen molar-refractivity contribution < 1.29 is 14.3 Å². The van der Waals surface area contributed by atoms with Crippen LogP contribution in [0.25, 0.3) is 22.4 Å². The average Bonchev–Trinajstić information content (AvgIpc) is 3.32. The number of para-hydroxylation sites is 2. The van der Waals surface area contributed by atoms with Crippen molar-refractivity contribution in [3.05, 3.63) is 47.5 Å². The molecule has 2 atom stereocenters. The summed E-state index contributed by atoms with van der Waals surface area (Å²) in [7, 11) is 0. The molecule has 1 aromatic heterocycles. The van der Waals surface area contributed by atoms with Crippen LogP contribution >= 0.6 is 11.6 Å². The van der Waals surface area contributed by atoms with Crippen LogP contribution in [-0.2, 0) is 14.3 Å². The van der Waals surface area contributed by atoms with Gasteiger partial charge < -0.3 is 19.5 Å². The largest absolute Gasteiger partial charge is 0.460 e. The first kappa shape index (κ1) is 25.6. The van der Waals surface area contributed by atoms with Crippen molar-refractivity contribution >= 4 is 40.2 Å². The molecule has 1 unspecified atom stereocenters. The predicted molar refractivity (Wildman–Crippen MR) is 147 cm³/mol. The lowest BCUT2D eigenvalue weighted by molar-refractivity contribution is -0.166. The minimum Gasteiger partial charge on any atom is -0.460 e. The number of hydrogen-bond donors (Lipinski definition) is 1. The van der Waals surface area contributed by atoms with Crippen LogP contribution in [0.2, 0.25) is 5.02 Å². The number of piperazine rings is 1. The molecule has 1 amide bonds. The number of aromatic nitrogens is 2. The quantitative estimate of drug-likeness (QED) is 0.446. The van der Waals surface area contributed by atoms with Gasteiger partial charge in [0, 0.05) is 37.4 Å². The van der Waals surface area contributed by atoms with E-state index in [2.05, 4.69) is 16.0 Å². The number of hydrogen-bond acceptors (Lipinski definition) is 5. The number of H-pyrrole nitrogens is 1. The maximum Gasteiger partial charge on any atom is 0.310 e. The summed E-state index contributed by atoms with van der Waals surface area (Å²) >= 11 is 6.56. The zero-order valence-corrected chi connectivity index (χ0v) is 22.6. The number of rotatable bonds is 4. The maximum absolute atomic E-state index is 13.5. The van der Waals surface area contributed by atoms with E-state index < -0.39 is 5.60 Å². The third kappa shape index (κ3) is 5.61. The van der Waals surface area contributed by atoms with Gasteiger partial charge in [-0.1, -0.05) is 36.6 Å². The standard InChI is InChI=1S/C29H35ClN4O3/c1-29(2,3)37-28(36)21-9-5-4-8-20(21)27(35)34-16-14-33(15-17-34)19-12-13-23(30)22(18-19)26-31-24-10-6-7-11-25(24)32-26/h6-7,10-13,18,20-21H,4-5,8-9,14-17H2,1-3H3,(H,31,32)/t20-,21?/m0/s1. The average molecular weight is 523 g/mol. The van der Waals surface area contributed by atoms with Crippen LogP contribution in [0.4, 0.5) is 5.69 Å². The molecule has 8 heteroatoms. The van der Waals surface area contributed by atoms with Crippen LogP contribution < -0.4 is 4.90 Å². The molecular weight excluding hydrogens is 488 g/mol. The summed E-state index contributed by atoms with van der Waals surface area (Å²) in [4.78, 5) is 38.7. The van der Waals surface area contributed by atoms with Gasteiger partial charge in [0.25, 0.3) is 0 Å². The second-order valence-electron chi connectivity index (χ2n) is 11.1. The summed E-state index contributed by atoms with van der Waals surface area (Å²) in [6.45, 7) is 8.31. The van der Waals surface area contributed by atoms with Crippen LogP contribution in [0, 0.1) is 11.8 Å². The Balaban J connectivity index is 1.26. The molecule has 0 radical (unpaired) electrons. The van der Waals surface area contributed by atoms with Gasteiger partial charge in [0.1, 0.15) is 11.4 Å². The van der Waals surface area contributed by atoms with E-state index in [-0.39, 0.29) is 23.7 Å². The Morgan fingerprint density at radius 3 is 2.41 bits per heavy atom. The second-order valence-corrected chi connectivity index (χ2v) is 11.5. The van der Waals surface area contributed by atoms with Crippen molar-refractivity contribution in [2.75, 3.05) is 31.1 Å². The zero-order chi connectivity index (χ0) is 26.2. The van der Waals surface area contributed by atoms with E-state index in [4.69, 9.17) is 21.3 Å². The molecule has 196 valence electrons. The van der Waals surface area contributed by atoms with Gasteiger partial charge in [-0.05, 0) is 63.9 Å². The molecule has 2 aromatic carbocycles. The van der Waals surface area contributed by atoms with Crippen LogP contribution in [0.15, 0.2) is 42.5 Å². The highest BCUT2D eigenvalue weighted by Crippen LogP contribution is 2.35. The molecule has 0 spiro atoms. The molecule has 3 aromatic rings. The zero-order valence-electron chi connectivity index (χ0n) is 21.8. The number of carbonyl (C=O) groups is 2. The fourth-order valence-electron chi connectivity index (χ4n) is 5.48. The van der Waals surface area contributed by atoms with Crippen LogP contribution in [0.5, 0.6) is 0 Å². The third-order valence-corrected chi connectivity index (χ3v) is 7.67. The van der Waals surface area contributed by atoms with E-state index in [0.717, 1.165) is 66.9 Å². The first-order valence-electron chi connectivity index (χ1n) is 13.2. The summed E-state index contributed by atoms with van der Waals surface area (Å²) in [6.07, 6.45) is 3.41. The topological polar surface area (TPSA) is 78.5 Å². The molecular formula is C29H35ClN4O3. The van der Waals surface area contributed by atoms with Crippen LogP contribution in [0.1, 0.15) is 46.5 Å². The molecule has 5 rings (SSSR count). The van der Waals surface area contributed by atoms with Crippen molar-refractivity contribution in [3.8, 4) is 11.4 Å². The van der Waals surface area contributed by atoms with Crippen molar-refractivity contribution in [1.82, 2.24) is 14.9 Å². The summed E-state index contributed by atoms with van der Waals surface area (Å²) in [6, 6.07) is 13.9. The number of esters is 1. The van der Waals surface area contributed by atoms with E-state index in [1.165, 1.54) is 0 Å². The van der Waals surface area contributed by atoms with Crippen molar-refractivity contribution in [2.24, 2.45) is 11.8 Å². The molecule has 1 N–H and O–H groups in total. The highest BCUT2D eigenvalue weighted by atomic mass is 35.5. The lowest BCUT2D eigenvalue weighted by Gasteiger charge is -2.40. The van der Waals surface area contributed by atoms with Gasteiger partial charge in [-0.25, -0.2) is 4.98 Å². The van der Waals surface area contributed by atoms with Crippen molar-refractivity contribution in [1.29, 1.82) is 0 Å². The summed E-state index contributed by atoms with van der Waals surface area (Å²) in [5.74, 6) is -0.0309. The molecule has 2 aliphatic rings. The number of halogens is 1. The number of benzene rings is 2. The number of carbonyl (C=O) groups excluding carboxylic acids is 2. The molecule has 1 saturated carbocycles. The Morgan fingerprint density at radius 1 is 1.00 bits per heavy atom. The number of imidazole rings is 1. The molecule has 0 bridgehead atoms. The van der Waals surface area contributed by atoms with E-state index in [9.17, 15) is 9.59 Å². The van der Waals surface area contributed by atoms with Gasteiger partial charge in [0.2, 0.25) is 5.91 Å². The van der Waals surface area contributed by atoms with Crippen LogP contribution in [0.3, 0.4) is 0 Å². The SMILES string of the molecule is CC(C)(C)OC(=O)C1CCCC[C@@H]1C(=O)N1CCN(c2ccc(Cl)c(-c3nc4ccccc4[nH]3)c2)CC1. The smallest absolute Gasteiger partial charge is 0.310 e. The van der Waals surface area contributed by atoms with Gasteiger partial charge in [-0.3, -0.25) is 9.59 Å². The van der Waals surface area contributed by atoms with Gasteiger partial charge in [-0.15, -0.1) is 0 Å². The summed E-state index contributed by atoms with van der Waals surface area (Å²) < 4.78 is 5.66. The van der Waals surface area contributed by atoms with Crippen LogP contribution in [-0.4, -0.2) is 58.5 Å². The number of aromatic amines is 1. The van der Waals surface area contributed by atoms with Gasteiger partial charge in [0.15, 0.2) is 0 Å². The molecule has 7 nitrogen and oxygen atoms in total. The fourth-order valence-corrected chi connectivity index (χ4v) is 5.68. The summed E-state index contributed by atoms with van der Waals surface area (Å²) in [5, 5.41) is 0.641. The number of fused-ring (bicyclic) bond motifs is 1. The molecule has 2 fully saturated rings. The highest BCUT2D eigenvalue weighted by Gasteiger charge is 2.40. The lowest BCUT2D eigenvalue weighted by atomic mass is 9.78. The van der Waals surface area contributed by atoms with Gasteiger partial charge >= 0.3 is 5.97 Å². The Hall–Kier alpha value is -3.06. The number of ether oxygens (including phenoxy) is 1. The molecule has 2 heterocycles. The first-order valence-corrected chi connectivity index (χ1v) is 13.6. The summed E-state index contributed by atoms with van der Waals surface area (Å²) in [5.41, 5.74) is 3.23. The van der Waals surface area contributed by atoms with E-state index >= 15 is 0 Å². The minimum absolute atomic E-state index is 0.0919. The number of nitrogens with one attached hydrogen (secondary N) is 1. The number of nitrogens with zero attached hydrogens (tertiary/aromatic N) is 3. The fraction of sp³-hybridized carbons (Fsp3) is 0.483. The van der Waals surface area contributed by atoms with E-state index in [1.54, 1.807) is 0 Å². The molecule has 1 aliphatic heterocycles. The maximum atomic E-state index is 13.5. The Labute approximate surface area is 223 Å².